The predicted molar refractivity (Wildman–Crippen MR) is 86.7 cm³/mol. The fourth-order valence-corrected chi connectivity index (χ4v) is 2.51. The standard InChI is InChI=1S/C15H17N3O4S/c1-18(11-6-4-3-5-7-11)17-15(19)13-10-12(23(16,20)21)8-9-14(13)22-2/h3-10H,1-2H3,(H,17,19)(H2,16,20,21). The zero-order valence-corrected chi connectivity index (χ0v) is 13.5. The topological polar surface area (TPSA) is 102 Å². The summed E-state index contributed by atoms with van der Waals surface area (Å²) in [5, 5.41) is 6.62. The number of ether oxygens (including phenoxy) is 1. The van der Waals surface area contributed by atoms with Crippen LogP contribution >= 0.6 is 0 Å². The van der Waals surface area contributed by atoms with Crippen LogP contribution in [0.3, 0.4) is 0 Å². The Hall–Kier alpha value is -2.58. The molecule has 2 rings (SSSR count). The van der Waals surface area contributed by atoms with Gasteiger partial charge in [0, 0.05) is 7.05 Å². The van der Waals surface area contributed by atoms with Crippen LogP contribution in [0.2, 0.25) is 0 Å². The molecular weight excluding hydrogens is 318 g/mol. The van der Waals surface area contributed by atoms with Gasteiger partial charge in [0.2, 0.25) is 10.0 Å². The molecule has 0 saturated heterocycles. The molecule has 2 aromatic rings. The number of sulfonamides is 1. The van der Waals surface area contributed by atoms with E-state index < -0.39 is 15.9 Å². The van der Waals surface area contributed by atoms with E-state index in [0.29, 0.717) is 0 Å². The van der Waals surface area contributed by atoms with Gasteiger partial charge in [-0.15, -0.1) is 0 Å². The number of anilines is 1. The normalized spacial score (nSPS) is 10.9. The van der Waals surface area contributed by atoms with Crippen molar-refractivity contribution in [1.82, 2.24) is 5.43 Å². The molecule has 0 bridgehead atoms. The lowest BCUT2D eigenvalue weighted by molar-refractivity contribution is 0.0948. The van der Waals surface area contributed by atoms with Gasteiger partial charge in [0.25, 0.3) is 5.91 Å². The minimum Gasteiger partial charge on any atom is -0.496 e. The number of primary sulfonamides is 1. The molecule has 0 aliphatic heterocycles. The number of rotatable bonds is 5. The lowest BCUT2D eigenvalue weighted by Crippen LogP contribution is -2.39. The molecule has 0 saturated carbocycles. The van der Waals surface area contributed by atoms with E-state index in [2.05, 4.69) is 5.43 Å². The number of nitrogens with two attached hydrogens (primary N) is 1. The van der Waals surface area contributed by atoms with Crippen LogP contribution in [0.1, 0.15) is 10.4 Å². The van der Waals surface area contributed by atoms with Crippen LogP contribution < -0.4 is 20.3 Å². The molecule has 8 heteroatoms. The van der Waals surface area contributed by atoms with Crippen LogP contribution in [0, 0.1) is 0 Å². The van der Waals surface area contributed by atoms with E-state index in [9.17, 15) is 13.2 Å². The third kappa shape index (κ3) is 3.99. The number of benzene rings is 2. The van der Waals surface area contributed by atoms with Gasteiger partial charge in [0.15, 0.2) is 0 Å². The van der Waals surface area contributed by atoms with E-state index >= 15 is 0 Å². The molecule has 3 N–H and O–H groups in total. The minimum absolute atomic E-state index is 0.0711. The number of para-hydroxylation sites is 1. The fraction of sp³-hybridized carbons (Fsp3) is 0.133. The summed E-state index contributed by atoms with van der Waals surface area (Å²) in [6.45, 7) is 0. The summed E-state index contributed by atoms with van der Waals surface area (Å²) in [5.41, 5.74) is 3.48. The van der Waals surface area contributed by atoms with E-state index in [-0.39, 0.29) is 16.2 Å². The van der Waals surface area contributed by atoms with Crippen molar-refractivity contribution < 1.29 is 17.9 Å². The number of amides is 1. The van der Waals surface area contributed by atoms with E-state index in [1.54, 1.807) is 7.05 Å². The summed E-state index contributed by atoms with van der Waals surface area (Å²) in [6.07, 6.45) is 0. The van der Waals surface area contributed by atoms with Gasteiger partial charge in [-0.2, -0.15) is 0 Å². The zero-order valence-electron chi connectivity index (χ0n) is 12.7. The van der Waals surface area contributed by atoms with Crippen molar-refractivity contribution in [2.75, 3.05) is 19.2 Å². The maximum atomic E-state index is 12.4. The molecule has 0 spiro atoms. The van der Waals surface area contributed by atoms with Crippen LogP contribution in [-0.2, 0) is 10.0 Å². The molecule has 0 aromatic heterocycles. The van der Waals surface area contributed by atoms with Gasteiger partial charge in [-0.25, -0.2) is 13.6 Å². The molecule has 0 aliphatic rings. The third-order valence-electron chi connectivity index (χ3n) is 3.16. The SMILES string of the molecule is COc1ccc(S(N)(=O)=O)cc1C(=O)NN(C)c1ccccc1. The number of hydrazine groups is 1. The molecule has 0 unspecified atom stereocenters. The molecule has 0 aliphatic carbocycles. The molecule has 0 radical (unpaired) electrons. The maximum absolute atomic E-state index is 12.4. The summed E-state index contributed by atoms with van der Waals surface area (Å²) in [6, 6.07) is 13.0. The number of methoxy groups -OCH3 is 1. The molecular formula is C15H17N3O4S. The maximum Gasteiger partial charge on any atom is 0.273 e. The van der Waals surface area contributed by atoms with Crippen LogP contribution in [0.25, 0.3) is 0 Å². The number of hydrogen-bond donors (Lipinski definition) is 2. The highest BCUT2D eigenvalue weighted by Crippen LogP contribution is 2.22. The Bertz CT molecular complexity index is 807. The number of nitrogens with zero attached hydrogens (tertiary/aromatic N) is 1. The Morgan fingerprint density at radius 1 is 1.17 bits per heavy atom. The van der Waals surface area contributed by atoms with Crippen molar-refractivity contribution >= 4 is 21.6 Å². The Kier molecular flexibility index (Phi) is 4.87. The van der Waals surface area contributed by atoms with Gasteiger partial charge < -0.3 is 4.74 Å². The first kappa shape index (κ1) is 16.8. The second kappa shape index (κ2) is 6.67. The van der Waals surface area contributed by atoms with Crippen LogP contribution in [0.4, 0.5) is 5.69 Å². The van der Waals surface area contributed by atoms with E-state index in [1.165, 1.54) is 30.3 Å². The van der Waals surface area contributed by atoms with Crippen LogP contribution in [0.5, 0.6) is 5.75 Å². The summed E-state index contributed by atoms with van der Waals surface area (Å²) >= 11 is 0. The Balaban J connectivity index is 2.31. The van der Waals surface area contributed by atoms with Crippen molar-refractivity contribution in [1.29, 1.82) is 0 Å². The molecule has 0 atom stereocenters. The molecule has 0 fully saturated rings. The molecule has 7 nitrogen and oxygen atoms in total. The van der Waals surface area contributed by atoms with Gasteiger partial charge in [-0.3, -0.25) is 15.2 Å². The lowest BCUT2D eigenvalue weighted by Gasteiger charge is -2.21. The highest BCUT2D eigenvalue weighted by molar-refractivity contribution is 7.89. The average Bonchev–Trinajstić information content (AvgIpc) is 2.54. The van der Waals surface area contributed by atoms with Crippen molar-refractivity contribution in [3.05, 3.63) is 54.1 Å². The summed E-state index contributed by atoms with van der Waals surface area (Å²) in [4.78, 5) is 12.3. The summed E-state index contributed by atoms with van der Waals surface area (Å²) in [5.74, 6) is -0.268. The van der Waals surface area contributed by atoms with E-state index in [4.69, 9.17) is 9.88 Å². The predicted octanol–water partition coefficient (Wildman–Crippen LogP) is 1.12. The van der Waals surface area contributed by atoms with Gasteiger partial charge in [-0.05, 0) is 30.3 Å². The quantitative estimate of drug-likeness (QED) is 0.797. The highest BCUT2D eigenvalue weighted by Gasteiger charge is 2.18. The smallest absolute Gasteiger partial charge is 0.273 e. The van der Waals surface area contributed by atoms with Gasteiger partial charge >= 0.3 is 0 Å². The number of nitrogens with one attached hydrogen (secondary N) is 1. The number of carbonyl (C=O) groups excluding carboxylic acids is 1. The Labute approximate surface area is 134 Å². The summed E-state index contributed by atoms with van der Waals surface area (Å²) < 4.78 is 28.0. The van der Waals surface area contributed by atoms with Gasteiger partial charge in [-0.1, -0.05) is 18.2 Å². The number of carbonyl (C=O) groups is 1. The lowest BCUT2D eigenvalue weighted by atomic mass is 10.2. The molecule has 2 aromatic carbocycles. The second-order valence-corrected chi connectivity index (χ2v) is 6.30. The van der Waals surface area contributed by atoms with Crippen molar-refractivity contribution in [3.8, 4) is 5.75 Å². The molecule has 23 heavy (non-hydrogen) atoms. The van der Waals surface area contributed by atoms with Crippen LogP contribution in [0.15, 0.2) is 53.4 Å². The molecule has 1 amide bonds. The largest absolute Gasteiger partial charge is 0.496 e. The summed E-state index contributed by atoms with van der Waals surface area (Å²) in [7, 11) is -0.851. The first-order valence-corrected chi connectivity index (χ1v) is 8.18. The average molecular weight is 335 g/mol. The van der Waals surface area contributed by atoms with Crippen molar-refractivity contribution in [3.63, 3.8) is 0 Å². The van der Waals surface area contributed by atoms with E-state index in [0.717, 1.165) is 5.69 Å². The molecule has 122 valence electrons. The monoisotopic (exact) mass is 335 g/mol. The van der Waals surface area contributed by atoms with E-state index in [1.807, 2.05) is 30.3 Å². The first-order valence-electron chi connectivity index (χ1n) is 6.63. The molecule has 0 heterocycles. The Morgan fingerprint density at radius 2 is 1.83 bits per heavy atom. The van der Waals surface area contributed by atoms with Crippen LogP contribution in [-0.4, -0.2) is 28.5 Å². The Morgan fingerprint density at radius 3 is 2.39 bits per heavy atom. The van der Waals surface area contributed by atoms with Crippen molar-refractivity contribution in [2.45, 2.75) is 4.90 Å². The minimum atomic E-state index is -3.91. The van der Waals surface area contributed by atoms with Gasteiger partial charge in [0.1, 0.15) is 5.75 Å². The highest BCUT2D eigenvalue weighted by atomic mass is 32.2. The van der Waals surface area contributed by atoms with Crippen molar-refractivity contribution in [2.24, 2.45) is 5.14 Å². The third-order valence-corrected chi connectivity index (χ3v) is 4.07. The fourth-order valence-electron chi connectivity index (χ4n) is 1.97. The zero-order chi connectivity index (χ0) is 17.0. The number of hydrogen-bond acceptors (Lipinski definition) is 5. The first-order chi connectivity index (χ1) is 10.8. The van der Waals surface area contributed by atoms with Gasteiger partial charge in [0.05, 0.1) is 23.3 Å². The second-order valence-electron chi connectivity index (χ2n) is 4.74.